The number of nitrogens with zero attached hydrogens (tertiary/aromatic N) is 3. The molecular formula is C11H17N3O4. The summed E-state index contributed by atoms with van der Waals surface area (Å²) in [7, 11) is 3.03. The van der Waals surface area contributed by atoms with Gasteiger partial charge in [-0.1, -0.05) is 0 Å². The Morgan fingerprint density at radius 3 is 2.28 bits per heavy atom. The molecule has 0 bridgehead atoms. The number of rotatable bonds is 2. The van der Waals surface area contributed by atoms with E-state index in [0.29, 0.717) is 25.3 Å². The fourth-order valence-corrected chi connectivity index (χ4v) is 2.14. The van der Waals surface area contributed by atoms with Crippen LogP contribution in [0.4, 0.5) is 0 Å². The molecule has 1 aromatic heterocycles. The molecule has 7 heteroatoms. The molecule has 2 N–H and O–H groups in total. The first-order valence-corrected chi connectivity index (χ1v) is 5.74. The summed E-state index contributed by atoms with van der Waals surface area (Å²) in [6.45, 7) is 1.03. The average Bonchev–Trinajstić information content (AvgIpc) is 2.63. The fraction of sp³-hybridized carbons (Fsp3) is 0.636. The second kappa shape index (κ2) is 4.68. The number of aliphatic hydroxyl groups is 2. The van der Waals surface area contributed by atoms with E-state index in [0.717, 1.165) is 4.57 Å². The van der Waals surface area contributed by atoms with Crippen molar-refractivity contribution in [1.29, 1.82) is 0 Å². The van der Waals surface area contributed by atoms with Crippen LogP contribution < -0.4 is 11.2 Å². The highest BCUT2D eigenvalue weighted by Crippen LogP contribution is 2.12. The molecule has 0 spiro atoms. The zero-order valence-electron chi connectivity index (χ0n) is 10.4. The highest BCUT2D eigenvalue weighted by molar-refractivity contribution is 5.03. The van der Waals surface area contributed by atoms with E-state index in [2.05, 4.69) is 0 Å². The zero-order chi connectivity index (χ0) is 13.4. The van der Waals surface area contributed by atoms with Crippen LogP contribution in [-0.4, -0.2) is 49.5 Å². The largest absolute Gasteiger partial charge is 0.389 e. The van der Waals surface area contributed by atoms with Crippen molar-refractivity contribution >= 4 is 0 Å². The molecule has 0 aromatic carbocycles. The maximum atomic E-state index is 11.7. The van der Waals surface area contributed by atoms with Crippen LogP contribution >= 0.6 is 0 Å². The van der Waals surface area contributed by atoms with Gasteiger partial charge in [0.15, 0.2) is 0 Å². The lowest BCUT2D eigenvalue weighted by Crippen LogP contribution is -2.39. The van der Waals surface area contributed by atoms with Gasteiger partial charge in [-0.05, 0) is 0 Å². The van der Waals surface area contributed by atoms with Gasteiger partial charge in [0.05, 0.1) is 12.2 Å². The summed E-state index contributed by atoms with van der Waals surface area (Å²) < 4.78 is 2.44. The maximum absolute atomic E-state index is 11.7. The SMILES string of the molecule is Cn1c(CN2C[C@@H](O)[C@@H](O)C2)cc(=O)n(C)c1=O. The van der Waals surface area contributed by atoms with E-state index in [1.807, 2.05) is 4.90 Å². The molecule has 18 heavy (non-hydrogen) atoms. The predicted octanol–water partition coefficient (Wildman–Crippen LogP) is -2.38. The third-order valence-electron chi connectivity index (χ3n) is 3.35. The molecule has 0 radical (unpaired) electrons. The van der Waals surface area contributed by atoms with Crippen LogP contribution in [0.1, 0.15) is 5.69 Å². The molecular weight excluding hydrogens is 238 g/mol. The molecule has 100 valence electrons. The molecule has 1 saturated heterocycles. The maximum Gasteiger partial charge on any atom is 0.330 e. The lowest BCUT2D eigenvalue weighted by molar-refractivity contribution is 0.0572. The molecule has 2 rings (SSSR count). The summed E-state index contributed by atoms with van der Waals surface area (Å²) in [4.78, 5) is 25.1. The molecule has 7 nitrogen and oxygen atoms in total. The Balaban J connectivity index is 2.26. The van der Waals surface area contributed by atoms with Crippen LogP contribution in [-0.2, 0) is 20.6 Å². The minimum atomic E-state index is -0.770. The average molecular weight is 255 g/mol. The monoisotopic (exact) mass is 255 g/mol. The number of aromatic nitrogens is 2. The van der Waals surface area contributed by atoms with E-state index in [9.17, 15) is 19.8 Å². The van der Waals surface area contributed by atoms with Crippen molar-refractivity contribution in [3.05, 3.63) is 32.6 Å². The van der Waals surface area contributed by atoms with Crippen LogP contribution in [0.3, 0.4) is 0 Å². The van der Waals surface area contributed by atoms with Gasteiger partial charge in [-0.3, -0.25) is 18.8 Å². The molecule has 1 aliphatic rings. The first-order chi connectivity index (χ1) is 8.40. The van der Waals surface area contributed by atoms with Gasteiger partial charge in [0, 0.05) is 45.5 Å². The number of likely N-dealkylation sites (tertiary alicyclic amines) is 1. The van der Waals surface area contributed by atoms with E-state index >= 15 is 0 Å². The topological polar surface area (TPSA) is 87.7 Å². The van der Waals surface area contributed by atoms with Crippen molar-refractivity contribution < 1.29 is 10.2 Å². The number of hydrogen-bond acceptors (Lipinski definition) is 5. The van der Waals surface area contributed by atoms with Crippen molar-refractivity contribution in [3.63, 3.8) is 0 Å². The highest BCUT2D eigenvalue weighted by Gasteiger charge is 2.29. The molecule has 2 heterocycles. The quantitative estimate of drug-likeness (QED) is 0.616. The molecule has 0 saturated carbocycles. The summed E-state index contributed by atoms with van der Waals surface area (Å²) in [5, 5.41) is 18.9. The fourth-order valence-electron chi connectivity index (χ4n) is 2.14. The summed E-state index contributed by atoms with van der Waals surface area (Å²) in [6, 6.07) is 1.40. The second-order valence-electron chi connectivity index (χ2n) is 4.70. The van der Waals surface area contributed by atoms with Gasteiger partial charge in [0.25, 0.3) is 5.56 Å². The normalized spacial score (nSPS) is 24.7. The van der Waals surface area contributed by atoms with Gasteiger partial charge in [-0.25, -0.2) is 4.79 Å². The van der Waals surface area contributed by atoms with Gasteiger partial charge < -0.3 is 10.2 Å². The second-order valence-corrected chi connectivity index (χ2v) is 4.70. The van der Waals surface area contributed by atoms with Crippen molar-refractivity contribution in [2.45, 2.75) is 18.8 Å². The van der Waals surface area contributed by atoms with E-state index in [4.69, 9.17) is 0 Å². The molecule has 0 aliphatic carbocycles. The minimum Gasteiger partial charge on any atom is -0.389 e. The standard InChI is InChI=1S/C11H17N3O4/c1-12-7(3-10(17)13(2)11(12)18)4-14-5-8(15)9(16)6-14/h3,8-9,15-16H,4-6H2,1-2H3/t8-,9+. The van der Waals surface area contributed by atoms with E-state index in [1.165, 1.54) is 17.7 Å². The van der Waals surface area contributed by atoms with Gasteiger partial charge >= 0.3 is 5.69 Å². The van der Waals surface area contributed by atoms with E-state index in [-0.39, 0.29) is 11.2 Å². The van der Waals surface area contributed by atoms with E-state index in [1.54, 1.807) is 7.05 Å². The van der Waals surface area contributed by atoms with Gasteiger partial charge in [-0.15, -0.1) is 0 Å². The number of hydrogen-bond donors (Lipinski definition) is 2. The van der Waals surface area contributed by atoms with E-state index < -0.39 is 12.2 Å². The summed E-state index contributed by atoms with van der Waals surface area (Å²) >= 11 is 0. The van der Waals surface area contributed by atoms with Crippen molar-refractivity contribution in [2.24, 2.45) is 14.1 Å². The molecule has 0 amide bonds. The first kappa shape index (κ1) is 13.0. The van der Waals surface area contributed by atoms with Crippen LogP contribution in [0.2, 0.25) is 0 Å². The highest BCUT2D eigenvalue weighted by atomic mass is 16.3. The molecule has 2 atom stereocenters. The minimum absolute atomic E-state index is 0.338. The Labute approximate surface area is 104 Å². The molecule has 1 aromatic rings. The zero-order valence-corrected chi connectivity index (χ0v) is 10.4. The Bertz CT molecular complexity index is 552. The van der Waals surface area contributed by atoms with Gasteiger partial charge in [-0.2, -0.15) is 0 Å². The lowest BCUT2D eigenvalue weighted by atomic mass is 10.3. The molecule has 1 aliphatic heterocycles. The van der Waals surface area contributed by atoms with Gasteiger partial charge in [0.1, 0.15) is 0 Å². The summed E-state index contributed by atoms with van der Waals surface area (Å²) in [5.41, 5.74) is -0.157. The first-order valence-electron chi connectivity index (χ1n) is 5.74. The van der Waals surface area contributed by atoms with Crippen molar-refractivity contribution in [2.75, 3.05) is 13.1 Å². The summed E-state index contributed by atoms with van der Waals surface area (Å²) in [5.74, 6) is 0. The Morgan fingerprint density at radius 2 is 1.72 bits per heavy atom. The van der Waals surface area contributed by atoms with Crippen LogP contribution in [0.5, 0.6) is 0 Å². The predicted molar refractivity (Wildman–Crippen MR) is 64.2 cm³/mol. The Hall–Kier alpha value is -1.44. The molecule has 1 fully saturated rings. The smallest absolute Gasteiger partial charge is 0.330 e. The lowest BCUT2D eigenvalue weighted by Gasteiger charge is -2.17. The Morgan fingerprint density at radius 1 is 1.17 bits per heavy atom. The summed E-state index contributed by atoms with van der Waals surface area (Å²) in [6.07, 6.45) is -1.54. The number of aliphatic hydroxyl groups excluding tert-OH is 2. The van der Waals surface area contributed by atoms with Crippen molar-refractivity contribution in [1.82, 2.24) is 14.0 Å². The molecule has 0 unspecified atom stereocenters. The third-order valence-corrected chi connectivity index (χ3v) is 3.35. The Kier molecular flexibility index (Phi) is 3.38. The van der Waals surface area contributed by atoms with Crippen LogP contribution in [0, 0.1) is 0 Å². The van der Waals surface area contributed by atoms with Gasteiger partial charge in [0.2, 0.25) is 0 Å². The number of β-amino-alcohol motifs (C(OH)–C–C–N with tert-alkyl or cyclic N) is 2. The third kappa shape index (κ3) is 2.24. The van der Waals surface area contributed by atoms with Crippen molar-refractivity contribution in [3.8, 4) is 0 Å². The van der Waals surface area contributed by atoms with Crippen LogP contribution in [0.15, 0.2) is 15.7 Å². The van der Waals surface area contributed by atoms with Crippen LogP contribution in [0.25, 0.3) is 0 Å².